The Morgan fingerprint density at radius 3 is 2.59 bits per heavy atom. The van der Waals surface area contributed by atoms with Gasteiger partial charge in [0, 0.05) is 24.7 Å². The van der Waals surface area contributed by atoms with E-state index >= 15 is 0 Å². The largest absolute Gasteiger partial charge is 0.461 e. The van der Waals surface area contributed by atoms with Crippen LogP contribution < -0.4 is 16.0 Å². The van der Waals surface area contributed by atoms with E-state index in [4.69, 9.17) is 14.6 Å². The molecule has 2 heterocycles. The van der Waals surface area contributed by atoms with E-state index in [1.165, 1.54) is 0 Å². The minimum Gasteiger partial charge on any atom is -0.461 e. The Hall–Kier alpha value is -1.69. The van der Waals surface area contributed by atoms with Crippen molar-refractivity contribution in [2.45, 2.75) is 82.1 Å². The van der Waals surface area contributed by atoms with Crippen molar-refractivity contribution in [1.82, 2.24) is 5.32 Å². The Labute approximate surface area is 218 Å². The lowest BCUT2D eigenvalue weighted by Crippen LogP contribution is -2.97. The molecule has 10 heteroatoms. The summed E-state index contributed by atoms with van der Waals surface area (Å²) in [6, 6.07) is 0. The lowest BCUT2D eigenvalue weighted by molar-refractivity contribution is -0.716. The maximum Gasteiger partial charge on any atom is 0.350 e. The number of hydrogen-bond acceptors (Lipinski definition) is 8. The van der Waals surface area contributed by atoms with E-state index < -0.39 is 29.0 Å². The van der Waals surface area contributed by atoms with Gasteiger partial charge in [-0.05, 0) is 50.5 Å². The summed E-state index contributed by atoms with van der Waals surface area (Å²) < 4.78 is 11.1. The molecular weight excluding hydrogens is 478 g/mol. The van der Waals surface area contributed by atoms with Crippen molar-refractivity contribution in [2.24, 2.45) is 17.8 Å². The van der Waals surface area contributed by atoms with E-state index in [9.17, 15) is 19.5 Å². The first-order valence-corrected chi connectivity index (χ1v) is 14.0. The molecule has 4 fully saturated rings. The van der Waals surface area contributed by atoms with Crippen LogP contribution in [0.5, 0.6) is 0 Å². The number of hydrogen-bond donors (Lipinski definition) is 5. The highest BCUT2D eigenvalue weighted by Gasteiger charge is 2.87. The van der Waals surface area contributed by atoms with Gasteiger partial charge in [-0.1, -0.05) is 18.4 Å². The number of piperidine rings is 1. The topological polar surface area (TPSA) is 159 Å². The molecule has 0 aromatic rings. The Morgan fingerprint density at radius 2 is 1.92 bits per heavy atom. The molecule has 0 bridgehead atoms. The number of epoxide rings is 1. The maximum atomic E-state index is 13.8. The predicted octanol–water partition coefficient (Wildman–Crippen LogP) is -1.49. The van der Waals surface area contributed by atoms with Gasteiger partial charge in [-0.15, -0.1) is 0 Å². The number of esters is 1. The number of ether oxygens (including phenoxy) is 2. The van der Waals surface area contributed by atoms with Gasteiger partial charge in [-0.2, -0.15) is 0 Å². The van der Waals surface area contributed by atoms with E-state index in [-0.39, 0.29) is 37.8 Å². The van der Waals surface area contributed by atoms with Crippen molar-refractivity contribution < 1.29 is 44.7 Å². The molecule has 2 aliphatic carbocycles. The number of allylic oxidation sites excluding steroid dienone is 1. The second-order valence-electron chi connectivity index (χ2n) is 11.3. The van der Waals surface area contributed by atoms with Gasteiger partial charge in [0.05, 0.1) is 26.8 Å². The maximum absolute atomic E-state index is 13.8. The Kier molecular flexibility index (Phi) is 9.19. The highest BCUT2D eigenvalue weighted by atomic mass is 16.7. The fourth-order valence-corrected chi connectivity index (χ4v) is 6.87. The second kappa shape index (κ2) is 12.0. The van der Waals surface area contributed by atoms with Crippen LogP contribution in [-0.4, -0.2) is 85.2 Å². The molecule has 4 rings (SSSR count). The van der Waals surface area contributed by atoms with Crippen molar-refractivity contribution in [2.75, 3.05) is 40.1 Å². The molecule has 4 unspecified atom stereocenters. The summed E-state index contributed by atoms with van der Waals surface area (Å²) in [5.41, 5.74) is -1.92. The summed E-state index contributed by atoms with van der Waals surface area (Å²) in [5.74, 6) is -1.88. The SMILES string of the molecule is C[NH2+]CNC1CC(CCC(C)=C(CO)C[C@@]23O[C@]2(C(=O)OCCO)C(=O)C2CCCCC2C3=O)CC[NH2+]1. The number of carbonyl (C=O) groups is 3. The van der Waals surface area contributed by atoms with E-state index in [2.05, 4.69) is 16.0 Å². The van der Waals surface area contributed by atoms with Crippen LogP contribution in [0, 0.1) is 17.8 Å². The number of nitrogens with two attached hydrogens (primary N) is 2. The van der Waals surface area contributed by atoms with Crippen molar-refractivity contribution in [3.8, 4) is 0 Å². The summed E-state index contributed by atoms with van der Waals surface area (Å²) in [7, 11) is 2.04. The molecule has 0 radical (unpaired) electrons. The van der Waals surface area contributed by atoms with Crippen LogP contribution in [0.15, 0.2) is 11.1 Å². The molecule has 0 aromatic heterocycles. The number of quaternary nitrogens is 2. The first-order valence-electron chi connectivity index (χ1n) is 14.0. The molecule has 2 saturated carbocycles. The van der Waals surface area contributed by atoms with Gasteiger partial charge in [0.25, 0.3) is 5.60 Å². The van der Waals surface area contributed by atoms with Crippen LogP contribution in [0.4, 0.5) is 0 Å². The standard InChI is InChI=1S/C27H43N3O7/c1-17(7-8-18-9-10-29-22(13-18)30-16-28-2)19(15-32)14-26-23(33)20-5-3-4-6-21(20)24(34)27(26,37-26)25(35)36-12-11-31/h18,20-22,28-32H,3-16H2,1-2H3/p+2/t18?,20?,21?,22?,26-,27-/m0/s1. The molecular formula is C27H45N3O7+2. The highest BCUT2D eigenvalue weighted by Crippen LogP contribution is 2.62. The van der Waals surface area contributed by atoms with Crippen LogP contribution >= 0.6 is 0 Å². The minimum absolute atomic E-state index is 0.0202. The number of rotatable bonds is 12. The third-order valence-electron chi connectivity index (χ3n) is 9.03. The highest BCUT2D eigenvalue weighted by molar-refractivity contribution is 6.23. The molecule has 0 amide bonds. The van der Waals surface area contributed by atoms with Gasteiger partial charge in [-0.25, -0.2) is 10.1 Å². The molecule has 7 N–H and O–H groups in total. The molecule has 208 valence electrons. The number of ketones is 2. The number of Topliss-reactive ketones (excluding diaryl/α,β-unsaturated/α-hetero) is 2. The molecule has 10 nitrogen and oxygen atoms in total. The van der Waals surface area contributed by atoms with E-state index in [0.717, 1.165) is 57.3 Å². The second-order valence-corrected chi connectivity index (χ2v) is 11.3. The quantitative estimate of drug-likeness (QED) is 0.0680. The zero-order valence-corrected chi connectivity index (χ0v) is 22.3. The molecule has 6 atom stereocenters. The van der Waals surface area contributed by atoms with E-state index in [0.29, 0.717) is 30.5 Å². The monoisotopic (exact) mass is 523 g/mol. The van der Waals surface area contributed by atoms with Gasteiger partial charge >= 0.3 is 5.97 Å². The van der Waals surface area contributed by atoms with Crippen LogP contribution in [0.25, 0.3) is 0 Å². The van der Waals surface area contributed by atoms with Crippen LogP contribution in [0.2, 0.25) is 0 Å². The minimum atomic E-state index is -1.95. The first kappa shape index (κ1) is 28.3. The zero-order valence-electron chi connectivity index (χ0n) is 22.3. The predicted molar refractivity (Wildman–Crippen MR) is 133 cm³/mol. The number of carbonyl (C=O) groups excluding carboxylic acids is 3. The third kappa shape index (κ3) is 5.29. The first-order chi connectivity index (χ1) is 17.8. The van der Waals surface area contributed by atoms with E-state index in [1.54, 1.807) is 0 Å². The average molecular weight is 524 g/mol. The smallest absolute Gasteiger partial charge is 0.350 e. The normalized spacial score (nSPS) is 35.9. The summed E-state index contributed by atoms with van der Waals surface area (Å²) >= 11 is 0. The Bertz CT molecular complexity index is 908. The number of nitrogens with one attached hydrogen (secondary N) is 1. The van der Waals surface area contributed by atoms with Crippen molar-refractivity contribution in [1.29, 1.82) is 0 Å². The fraction of sp³-hybridized carbons (Fsp3) is 0.815. The number of fused-ring (bicyclic) bond motifs is 2. The molecule has 2 aliphatic heterocycles. The number of aliphatic hydroxyl groups is 2. The molecule has 4 aliphatic rings. The Morgan fingerprint density at radius 1 is 1.19 bits per heavy atom. The van der Waals surface area contributed by atoms with Crippen molar-refractivity contribution in [3.05, 3.63) is 11.1 Å². The molecule has 0 aromatic carbocycles. The van der Waals surface area contributed by atoms with Crippen LogP contribution in [-0.2, 0) is 23.9 Å². The summed E-state index contributed by atoms with van der Waals surface area (Å²) in [6.07, 6.45) is 7.29. The van der Waals surface area contributed by atoms with Gasteiger partial charge in [0.2, 0.25) is 0 Å². The average Bonchev–Trinajstić information content (AvgIpc) is 3.62. The molecule has 37 heavy (non-hydrogen) atoms. The van der Waals surface area contributed by atoms with Crippen LogP contribution in [0.1, 0.15) is 64.7 Å². The fourth-order valence-electron chi connectivity index (χ4n) is 6.87. The zero-order chi connectivity index (χ0) is 26.6. The van der Waals surface area contributed by atoms with Gasteiger partial charge in [0.1, 0.15) is 19.4 Å². The lowest BCUT2D eigenvalue weighted by atomic mass is 9.60. The molecule has 2 saturated heterocycles. The summed E-state index contributed by atoms with van der Waals surface area (Å²) in [6.45, 7) is 3.03. The van der Waals surface area contributed by atoms with Gasteiger partial charge < -0.3 is 30.3 Å². The van der Waals surface area contributed by atoms with E-state index in [1.807, 2.05) is 14.0 Å². The third-order valence-corrected chi connectivity index (χ3v) is 9.03. The Balaban J connectivity index is 1.51. The van der Waals surface area contributed by atoms with Crippen molar-refractivity contribution >= 4 is 17.5 Å². The molecule has 0 spiro atoms. The van der Waals surface area contributed by atoms with Crippen molar-refractivity contribution in [3.63, 3.8) is 0 Å². The van der Waals surface area contributed by atoms with Gasteiger partial charge in [-0.3, -0.25) is 9.59 Å². The summed E-state index contributed by atoms with van der Waals surface area (Å²) in [5, 5.41) is 27.5. The van der Waals surface area contributed by atoms with Gasteiger partial charge in [0.15, 0.2) is 17.2 Å². The lowest BCUT2D eigenvalue weighted by Gasteiger charge is -2.37. The summed E-state index contributed by atoms with van der Waals surface area (Å²) in [4.78, 5) is 40.5. The number of aliphatic hydroxyl groups excluding tert-OH is 2. The van der Waals surface area contributed by atoms with Crippen LogP contribution in [0.3, 0.4) is 0 Å².